The maximum absolute atomic E-state index is 12.0. The molecule has 2 heterocycles. The Labute approximate surface area is 110 Å². The Kier molecular flexibility index (Phi) is 3.81. The second-order valence-corrected chi connectivity index (χ2v) is 5.61. The zero-order valence-electron chi connectivity index (χ0n) is 10.8. The molecule has 0 unspecified atom stereocenters. The standard InChI is InChI=1S/C13H17N3OS/c1-4-9-5-6-11(18-9)13(17)14-12-7-10(8(2)3)15-16-12/h5-8H,4H2,1-3H3,(H2,14,15,16,17). The molecule has 18 heavy (non-hydrogen) atoms. The number of aryl methyl sites for hydroxylation is 1. The van der Waals surface area contributed by atoms with Crippen LogP contribution in [-0.4, -0.2) is 16.1 Å². The van der Waals surface area contributed by atoms with E-state index in [1.807, 2.05) is 18.2 Å². The number of nitrogens with zero attached hydrogens (tertiary/aromatic N) is 1. The van der Waals surface area contributed by atoms with Gasteiger partial charge in [-0.3, -0.25) is 9.89 Å². The van der Waals surface area contributed by atoms with Gasteiger partial charge in [0.05, 0.1) is 4.88 Å². The third kappa shape index (κ3) is 2.79. The lowest BCUT2D eigenvalue weighted by molar-refractivity contribution is 0.103. The molecule has 0 aliphatic rings. The van der Waals surface area contributed by atoms with E-state index >= 15 is 0 Å². The molecule has 4 nitrogen and oxygen atoms in total. The van der Waals surface area contributed by atoms with E-state index in [0.717, 1.165) is 17.0 Å². The number of carbonyl (C=O) groups is 1. The molecule has 0 aliphatic carbocycles. The summed E-state index contributed by atoms with van der Waals surface area (Å²) in [7, 11) is 0. The minimum Gasteiger partial charge on any atom is -0.304 e. The number of anilines is 1. The van der Waals surface area contributed by atoms with Crippen molar-refractivity contribution >= 4 is 23.1 Å². The lowest BCUT2D eigenvalue weighted by atomic mass is 10.1. The lowest BCUT2D eigenvalue weighted by Gasteiger charge is -1.98. The molecule has 2 aromatic rings. The molecule has 0 radical (unpaired) electrons. The van der Waals surface area contributed by atoms with Gasteiger partial charge in [0.1, 0.15) is 0 Å². The molecule has 0 atom stereocenters. The Balaban J connectivity index is 2.06. The van der Waals surface area contributed by atoms with Crippen molar-refractivity contribution < 1.29 is 4.79 Å². The van der Waals surface area contributed by atoms with Crippen molar-refractivity contribution in [2.45, 2.75) is 33.1 Å². The largest absolute Gasteiger partial charge is 0.304 e. The number of aromatic nitrogens is 2. The van der Waals surface area contributed by atoms with Gasteiger partial charge in [-0.2, -0.15) is 5.10 Å². The van der Waals surface area contributed by atoms with Gasteiger partial charge in [-0.1, -0.05) is 20.8 Å². The van der Waals surface area contributed by atoms with Crippen LogP contribution in [0.5, 0.6) is 0 Å². The molecule has 0 aromatic carbocycles. The van der Waals surface area contributed by atoms with Crippen LogP contribution in [0.25, 0.3) is 0 Å². The first-order valence-electron chi connectivity index (χ1n) is 6.05. The summed E-state index contributed by atoms with van der Waals surface area (Å²) in [4.78, 5) is 13.9. The van der Waals surface area contributed by atoms with Gasteiger partial charge >= 0.3 is 0 Å². The van der Waals surface area contributed by atoms with Crippen LogP contribution in [0.2, 0.25) is 0 Å². The number of hydrogen-bond acceptors (Lipinski definition) is 3. The number of rotatable bonds is 4. The first-order chi connectivity index (χ1) is 8.60. The van der Waals surface area contributed by atoms with Crippen molar-refractivity contribution in [3.63, 3.8) is 0 Å². The first kappa shape index (κ1) is 12.8. The van der Waals surface area contributed by atoms with Crippen LogP contribution in [0, 0.1) is 0 Å². The van der Waals surface area contributed by atoms with Crippen molar-refractivity contribution in [2.75, 3.05) is 5.32 Å². The Morgan fingerprint density at radius 3 is 2.83 bits per heavy atom. The van der Waals surface area contributed by atoms with E-state index in [2.05, 4.69) is 36.3 Å². The predicted molar refractivity (Wildman–Crippen MR) is 74.3 cm³/mol. The van der Waals surface area contributed by atoms with E-state index in [-0.39, 0.29) is 5.91 Å². The van der Waals surface area contributed by atoms with Crippen LogP contribution in [0.4, 0.5) is 5.82 Å². The Hall–Kier alpha value is -1.62. The van der Waals surface area contributed by atoms with Gasteiger partial charge in [0.2, 0.25) is 0 Å². The average Bonchev–Trinajstić information content (AvgIpc) is 2.96. The summed E-state index contributed by atoms with van der Waals surface area (Å²) >= 11 is 1.52. The molecule has 2 N–H and O–H groups in total. The van der Waals surface area contributed by atoms with E-state index in [1.165, 1.54) is 16.2 Å². The molecule has 0 saturated heterocycles. The van der Waals surface area contributed by atoms with Crippen LogP contribution >= 0.6 is 11.3 Å². The minimum absolute atomic E-state index is 0.0958. The summed E-state index contributed by atoms with van der Waals surface area (Å²) in [6.45, 7) is 6.23. The normalized spacial score (nSPS) is 10.9. The van der Waals surface area contributed by atoms with Crippen molar-refractivity contribution in [2.24, 2.45) is 0 Å². The fourth-order valence-electron chi connectivity index (χ4n) is 1.56. The smallest absolute Gasteiger partial charge is 0.266 e. The Morgan fingerprint density at radius 2 is 2.28 bits per heavy atom. The number of carbonyl (C=O) groups excluding carboxylic acids is 1. The molecule has 2 rings (SSSR count). The van der Waals surface area contributed by atoms with Crippen molar-refractivity contribution in [3.05, 3.63) is 33.6 Å². The molecule has 2 aromatic heterocycles. The lowest BCUT2D eigenvalue weighted by Crippen LogP contribution is -2.10. The monoisotopic (exact) mass is 263 g/mol. The summed E-state index contributed by atoms with van der Waals surface area (Å²) in [6, 6.07) is 5.72. The van der Waals surface area contributed by atoms with Gasteiger partial charge in [-0.15, -0.1) is 11.3 Å². The van der Waals surface area contributed by atoms with E-state index in [1.54, 1.807) is 0 Å². The average molecular weight is 263 g/mol. The summed E-state index contributed by atoms with van der Waals surface area (Å²) in [5.41, 5.74) is 1.02. The highest BCUT2D eigenvalue weighted by molar-refractivity contribution is 7.14. The Morgan fingerprint density at radius 1 is 1.50 bits per heavy atom. The van der Waals surface area contributed by atoms with E-state index in [4.69, 9.17) is 0 Å². The number of H-pyrrole nitrogens is 1. The SMILES string of the molecule is CCc1ccc(C(=O)Nc2cc(C(C)C)[nH]n2)s1. The van der Waals surface area contributed by atoms with Gasteiger partial charge in [0.25, 0.3) is 5.91 Å². The second-order valence-electron chi connectivity index (χ2n) is 4.44. The molecule has 5 heteroatoms. The third-order valence-electron chi connectivity index (χ3n) is 2.70. The van der Waals surface area contributed by atoms with Gasteiger partial charge in [-0.05, 0) is 24.5 Å². The molecular weight excluding hydrogens is 246 g/mol. The molecule has 96 valence electrons. The van der Waals surface area contributed by atoms with Crippen LogP contribution in [0.15, 0.2) is 18.2 Å². The van der Waals surface area contributed by atoms with Gasteiger partial charge < -0.3 is 5.32 Å². The molecule has 0 aliphatic heterocycles. The highest BCUT2D eigenvalue weighted by atomic mass is 32.1. The highest BCUT2D eigenvalue weighted by Gasteiger charge is 2.11. The van der Waals surface area contributed by atoms with E-state index < -0.39 is 0 Å². The summed E-state index contributed by atoms with van der Waals surface area (Å²) in [5.74, 6) is 0.855. The first-order valence-corrected chi connectivity index (χ1v) is 6.87. The second kappa shape index (κ2) is 5.35. The Bertz CT molecular complexity index is 542. The third-order valence-corrected chi connectivity index (χ3v) is 3.92. The molecule has 0 fully saturated rings. The number of amides is 1. The molecular formula is C13H17N3OS. The summed E-state index contributed by atoms with van der Waals surface area (Å²) in [5, 5.41) is 9.79. The van der Waals surface area contributed by atoms with E-state index in [9.17, 15) is 4.79 Å². The fourth-order valence-corrected chi connectivity index (χ4v) is 2.41. The quantitative estimate of drug-likeness (QED) is 0.888. The van der Waals surface area contributed by atoms with Crippen LogP contribution in [-0.2, 0) is 6.42 Å². The van der Waals surface area contributed by atoms with Crippen molar-refractivity contribution in [1.29, 1.82) is 0 Å². The van der Waals surface area contributed by atoms with E-state index in [0.29, 0.717) is 11.7 Å². The van der Waals surface area contributed by atoms with Gasteiger partial charge in [0, 0.05) is 16.6 Å². The highest BCUT2D eigenvalue weighted by Crippen LogP contribution is 2.19. The van der Waals surface area contributed by atoms with Gasteiger partial charge in [0.15, 0.2) is 5.82 Å². The summed E-state index contributed by atoms with van der Waals surface area (Å²) < 4.78 is 0. The zero-order valence-corrected chi connectivity index (χ0v) is 11.6. The zero-order chi connectivity index (χ0) is 13.1. The van der Waals surface area contributed by atoms with Crippen molar-refractivity contribution in [1.82, 2.24) is 10.2 Å². The van der Waals surface area contributed by atoms with Crippen molar-refractivity contribution in [3.8, 4) is 0 Å². The van der Waals surface area contributed by atoms with Gasteiger partial charge in [-0.25, -0.2) is 0 Å². The summed E-state index contributed by atoms with van der Waals surface area (Å²) in [6.07, 6.45) is 0.956. The van der Waals surface area contributed by atoms with Crippen LogP contribution < -0.4 is 5.32 Å². The minimum atomic E-state index is -0.0958. The van der Waals surface area contributed by atoms with Crippen LogP contribution in [0.1, 0.15) is 46.9 Å². The number of thiophene rings is 1. The molecule has 0 bridgehead atoms. The maximum atomic E-state index is 12.0. The molecule has 0 saturated carbocycles. The van der Waals surface area contributed by atoms with Crippen LogP contribution in [0.3, 0.4) is 0 Å². The predicted octanol–water partition coefficient (Wildman–Crippen LogP) is 3.41. The number of aromatic amines is 1. The number of hydrogen-bond donors (Lipinski definition) is 2. The molecule has 1 amide bonds. The molecule has 0 spiro atoms. The topological polar surface area (TPSA) is 57.8 Å². The number of nitrogens with one attached hydrogen (secondary N) is 2. The fraction of sp³-hybridized carbons (Fsp3) is 0.385. The maximum Gasteiger partial charge on any atom is 0.266 e.